The lowest BCUT2D eigenvalue weighted by atomic mass is 10.2. The summed E-state index contributed by atoms with van der Waals surface area (Å²) in [7, 11) is -3.01. The zero-order valence-electron chi connectivity index (χ0n) is 12.1. The number of hydrogen-bond donors (Lipinski definition) is 1. The van der Waals surface area contributed by atoms with Crippen LogP contribution < -0.4 is 10.1 Å². The van der Waals surface area contributed by atoms with Gasteiger partial charge in [-0.3, -0.25) is 4.79 Å². The molecule has 1 aliphatic rings. The second kappa shape index (κ2) is 6.37. The normalized spacial score (nSPS) is 19.4. The van der Waals surface area contributed by atoms with Crippen LogP contribution in [0.1, 0.15) is 6.42 Å². The van der Waals surface area contributed by atoms with Crippen molar-refractivity contribution < 1.29 is 22.4 Å². The van der Waals surface area contributed by atoms with E-state index in [1.165, 1.54) is 6.39 Å². The molecule has 2 heterocycles. The third-order valence-electron chi connectivity index (χ3n) is 3.43. The summed E-state index contributed by atoms with van der Waals surface area (Å²) in [5, 5.41) is 10.0. The van der Waals surface area contributed by atoms with E-state index in [0.29, 0.717) is 18.1 Å². The molecule has 0 spiro atoms. The molecule has 0 bridgehead atoms. The molecule has 1 N–H and O–H groups in total. The highest BCUT2D eigenvalue weighted by Gasteiger charge is 2.28. The molecule has 1 saturated heterocycles. The summed E-state index contributed by atoms with van der Waals surface area (Å²) >= 11 is 0. The Hall–Kier alpha value is -2.42. The average molecular weight is 337 g/mol. The first-order valence-corrected chi connectivity index (χ1v) is 8.83. The van der Waals surface area contributed by atoms with E-state index in [2.05, 4.69) is 15.5 Å². The third kappa shape index (κ3) is 4.07. The zero-order valence-corrected chi connectivity index (χ0v) is 13.0. The van der Waals surface area contributed by atoms with Gasteiger partial charge < -0.3 is 14.5 Å². The van der Waals surface area contributed by atoms with Crippen LogP contribution in [0, 0.1) is 0 Å². The molecule has 1 amide bonds. The van der Waals surface area contributed by atoms with Gasteiger partial charge in [-0.1, -0.05) is 0 Å². The highest BCUT2D eigenvalue weighted by Crippen LogP contribution is 2.20. The fraction of sp³-hybridized carbons (Fsp3) is 0.357. The van der Waals surface area contributed by atoms with Crippen molar-refractivity contribution in [3.63, 3.8) is 0 Å². The van der Waals surface area contributed by atoms with Gasteiger partial charge in [-0.2, -0.15) is 0 Å². The van der Waals surface area contributed by atoms with Gasteiger partial charge in [0.25, 0.3) is 5.91 Å². The summed E-state index contributed by atoms with van der Waals surface area (Å²) < 4.78 is 33.1. The predicted octanol–water partition coefficient (Wildman–Crippen LogP) is 0.419. The number of nitrogens with zero attached hydrogens (tertiary/aromatic N) is 2. The quantitative estimate of drug-likeness (QED) is 0.841. The van der Waals surface area contributed by atoms with Crippen molar-refractivity contribution in [3.8, 4) is 17.2 Å². The van der Waals surface area contributed by atoms with Crippen LogP contribution in [0.3, 0.4) is 0 Å². The van der Waals surface area contributed by atoms with Crippen LogP contribution >= 0.6 is 0 Å². The first kappa shape index (κ1) is 15.5. The average Bonchev–Trinajstić information content (AvgIpc) is 3.15. The zero-order chi connectivity index (χ0) is 16.3. The lowest BCUT2D eigenvalue weighted by Gasteiger charge is -2.11. The summed E-state index contributed by atoms with van der Waals surface area (Å²) in [6.45, 7) is -0.170. The SMILES string of the molecule is O=C(COc1ccc(-c2nnco2)cc1)N[C@@H]1CCS(=O)(=O)C1. The molecule has 1 fully saturated rings. The van der Waals surface area contributed by atoms with Crippen molar-refractivity contribution in [2.45, 2.75) is 12.5 Å². The molecule has 9 heteroatoms. The number of ether oxygens (including phenoxy) is 1. The van der Waals surface area contributed by atoms with Crippen molar-refractivity contribution in [1.29, 1.82) is 0 Å². The standard InChI is InChI=1S/C14H15N3O5S/c18-13(16-11-5-6-23(19,20)8-11)7-21-12-3-1-10(2-4-12)14-17-15-9-22-14/h1-4,9,11H,5-8H2,(H,16,18)/t11-/m1/s1. The Bertz CT molecular complexity index is 771. The third-order valence-corrected chi connectivity index (χ3v) is 5.20. The summed E-state index contributed by atoms with van der Waals surface area (Å²) in [6.07, 6.45) is 1.69. The van der Waals surface area contributed by atoms with Crippen LogP contribution in [-0.2, 0) is 14.6 Å². The number of amides is 1. The highest BCUT2D eigenvalue weighted by molar-refractivity contribution is 7.91. The summed E-state index contributed by atoms with van der Waals surface area (Å²) in [4.78, 5) is 11.8. The van der Waals surface area contributed by atoms with Crippen molar-refractivity contribution in [1.82, 2.24) is 15.5 Å². The molecule has 1 aromatic carbocycles. The number of rotatable bonds is 5. The lowest BCUT2D eigenvalue weighted by molar-refractivity contribution is -0.123. The first-order chi connectivity index (χ1) is 11.0. The molecule has 3 rings (SSSR count). The van der Waals surface area contributed by atoms with E-state index >= 15 is 0 Å². The van der Waals surface area contributed by atoms with Gasteiger partial charge >= 0.3 is 0 Å². The minimum absolute atomic E-state index is 0.00236. The van der Waals surface area contributed by atoms with E-state index in [0.717, 1.165) is 5.56 Å². The van der Waals surface area contributed by atoms with Gasteiger partial charge in [0, 0.05) is 11.6 Å². The van der Waals surface area contributed by atoms with Crippen molar-refractivity contribution in [3.05, 3.63) is 30.7 Å². The largest absolute Gasteiger partial charge is 0.484 e. The van der Waals surface area contributed by atoms with Gasteiger partial charge in [-0.25, -0.2) is 8.42 Å². The number of benzene rings is 1. The maximum absolute atomic E-state index is 11.8. The van der Waals surface area contributed by atoms with Crippen molar-refractivity contribution >= 4 is 15.7 Å². The number of sulfone groups is 1. The van der Waals surface area contributed by atoms with Gasteiger partial charge in [0.05, 0.1) is 11.5 Å². The second-order valence-electron chi connectivity index (χ2n) is 5.22. The fourth-order valence-corrected chi connectivity index (χ4v) is 3.99. The monoisotopic (exact) mass is 337 g/mol. The van der Waals surface area contributed by atoms with Crippen LogP contribution in [0.25, 0.3) is 11.5 Å². The van der Waals surface area contributed by atoms with Crippen molar-refractivity contribution in [2.75, 3.05) is 18.1 Å². The number of aromatic nitrogens is 2. The summed E-state index contributed by atoms with van der Waals surface area (Å²) in [6, 6.07) is 6.53. The summed E-state index contributed by atoms with van der Waals surface area (Å²) in [5.74, 6) is 0.695. The minimum Gasteiger partial charge on any atom is -0.484 e. The number of nitrogens with one attached hydrogen (secondary N) is 1. The smallest absolute Gasteiger partial charge is 0.258 e. The van der Waals surface area contributed by atoms with Crippen LogP contribution in [0.5, 0.6) is 5.75 Å². The first-order valence-electron chi connectivity index (χ1n) is 7.01. The maximum Gasteiger partial charge on any atom is 0.258 e. The lowest BCUT2D eigenvalue weighted by Crippen LogP contribution is -2.38. The Morgan fingerprint density at radius 2 is 2.13 bits per heavy atom. The van der Waals surface area contributed by atoms with E-state index in [9.17, 15) is 13.2 Å². The van der Waals surface area contributed by atoms with Gasteiger partial charge in [-0.15, -0.1) is 10.2 Å². The van der Waals surface area contributed by atoms with E-state index in [1.54, 1.807) is 24.3 Å². The topological polar surface area (TPSA) is 111 Å². The number of carbonyl (C=O) groups is 1. The molecule has 0 radical (unpaired) electrons. The van der Waals surface area contributed by atoms with E-state index in [1.807, 2.05) is 0 Å². The van der Waals surface area contributed by atoms with Gasteiger partial charge in [0.15, 0.2) is 16.4 Å². The maximum atomic E-state index is 11.8. The number of hydrogen-bond acceptors (Lipinski definition) is 7. The minimum atomic E-state index is -3.01. The molecule has 1 aromatic heterocycles. The fourth-order valence-electron chi connectivity index (χ4n) is 2.32. The molecule has 0 aliphatic carbocycles. The highest BCUT2D eigenvalue weighted by atomic mass is 32.2. The summed E-state index contributed by atoms with van der Waals surface area (Å²) in [5.41, 5.74) is 0.746. The van der Waals surface area contributed by atoms with Crippen molar-refractivity contribution in [2.24, 2.45) is 0 Å². The van der Waals surface area contributed by atoms with Crippen LogP contribution in [0.4, 0.5) is 0 Å². The molecular formula is C14H15N3O5S. The molecular weight excluding hydrogens is 322 g/mol. The number of carbonyl (C=O) groups excluding carboxylic acids is 1. The molecule has 2 aromatic rings. The molecule has 8 nitrogen and oxygen atoms in total. The molecule has 1 atom stereocenters. The molecule has 122 valence electrons. The molecule has 23 heavy (non-hydrogen) atoms. The van der Waals surface area contributed by atoms with Gasteiger partial charge in [0.2, 0.25) is 12.3 Å². The van der Waals surface area contributed by atoms with Crippen LogP contribution in [-0.4, -0.2) is 48.7 Å². The van der Waals surface area contributed by atoms with E-state index < -0.39 is 9.84 Å². The second-order valence-corrected chi connectivity index (χ2v) is 7.45. The Morgan fingerprint density at radius 3 is 2.74 bits per heavy atom. The van der Waals surface area contributed by atoms with Crippen LogP contribution in [0.2, 0.25) is 0 Å². The van der Waals surface area contributed by atoms with Gasteiger partial charge in [0.1, 0.15) is 5.75 Å². The Kier molecular flexibility index (Phi) is 4.28. The molecule has 1 aliphatic heterocycles. The Balaban J connectivity index is 1.49. The van der Waals surface area contributed by atoms with Gasteiger partial charge in [-0.05, 0) is 30.7 Å². The Labute approximate surface area is 132 Å². The Morgan fingerprint density at radius 1 is 1.35 bits per heavy atom. The van der Waals surface area contributed by atoms with E-state index in [4.69, 9.17) is 9.15 Å². The predicted molar refractivity (Wildman–Crippen MR) is 80.4 cm³/mol. The van der Waals surface area contributed by atoms with Crippen LogP contribution in [0.15, 0.2) is 35.1 Å². The molecule has 0 unspecified atom stereocenters. The molecule has 0 saturated carbocycles. The van der Waals surface area contributed by atoms with E-state index in [-0.39, 0.29) is 30.1 Å².